The third-order valence-corrected chi connectivity index (χ3v) is 5.96. The molecule has 20 heavy (non-hydrogen) atoms. The number of fused-ring (bicyclic) bond motifs is 6. The fraction of sp³-hybridized carbons (Fsp3) is 1.00. The van der Waals surface area contributed by atoms with Crippen LogP contribution in [0.4, 0.5) is 0 Å². The molecule has 0 N–H and O–H groups in total. The Morgan fingerprint density at radius 1 is 0.750 bits per heavy atom. The molecule has 2 nitrogen and oxygen atoms in total. The molecule has 120 valence electrons. The van der Waals surface area contributed by atoms with Crippen molar-refractivity contribution in [2.45, 2.75) is 57.0 Å². The molecule has 0 saturated carbocycles. The second-order valence-corrected chi connectivity index (χ2v) is 9.28. The summed E-state index contributed by atoms with van der Waals surface area (Å²) in [6, 6.07) is 1.92. The number of nitrogens with zero attached hydrogens (tertiary/aromatic N) is 2. The standard InChI is InChI=1S/C15H26N2.2ClH.Pd/c1-3-7-16-11-13-9-12(14(16)5-1)10-17-8-4-2-6-15(13)17;;;/h12-15H,1-11H2;2*1H;/q;;;+2/p-2. The number of halogens is 2. The van der Waals surface area contributed by atoms with Crippen molar-refractivity contribution in [1.29, 1.82) is 0 Å². The maximum absolute atomic E-state index is 4.81. The second-order valence-electron chi connectivity index (χ2n) is 6.92. The minimum absolute atomic E-state index is 0.106. The van der Waals surface area contributed by atoms with E-state index in [0.29, 0.717) is 0 Å². The Bertz CT molecular complexity index is 290. The maximum atomic E-state index is 4.81. The van der Waals surface area contributed by atoms with Gasteiger partial charge in [0.15, 0.2) is 0 Å². The molecule has 0 spiro atoms. The van der Waals surface area contributed by atoms with Crippen LogP contribution >= 0.6 is 19.1 Å². The second kappa shape index (κ2) is 7.62. The van der Waals surface area contributed by atoms with E-state index in [4.69, 9.17) is 19.1 Å². The molecule has 0 aromatic heterocycles. The van der Waals surface area contributed by atoms with Gasteiger partial charge in [0.1, 0.15) is 0 Å². The molecule has 4 aliphatic rings. The summed E-state index contributed by atoms with van der Waals surface area (Å²) in [6.45, 7) is 5.68. The van der Waals surface area contributed by atoms with Gasteiger partial charge in [0.25, 0.3) is 0 Å². The van der Waals surface area contributed by atoms with Gasteiger partial charge in [0.05, 0.1) is 0 Å². The normalized spacial score (nSPS) is 41.3. The average molecular weight is 412 g/mol. The first-order valence-corrected chi connectivity index (χ1v) is 12.1. The summed E-state index contributed by atoms with van der Waals surface area (Å²) < 4.78 is 0. The molecule has 0 amide bonds. The zero-order chi connectivity index (χ0) is 13.9. The van der Waals surface area contributed by atoms with Crippen molar-refractivity contribution in [2.75, 3.05) is 26.2 Å². The molecule has 4 fully saturated rings. The van der Waals surface area contributed by atoms with Gasteiger partial charge >= 0.3 is 35.0 Å². The molecule has 4 heterocycles. The van der Waals surface area contributed by atoms with E-state index in [1.807, 2.05) is 0 Å². The molecular formula is C15H26Cl2N2Pd. The fourth-order valence-corrected chi connectivity index (χ4v) is 5.25. The first kappa shape index (κ1) is 16.0. The van der Waals surface area contributed by atoms with Crippen LogP contribution in [-0.4, -0.2) is 48.1 Å². The van der Waals surface area contributed by atoms with Gasteiger partial charge < -0.3 is 0 Å². The molecule has 0 aliphatic carbocycles. The molecule has 0 aromatic carbocycles. The van der Waals surface area contributed by atoms with E-state index in [9.17, 15) is 0 Å². The first-order valence-electron chi connectivity index (χ1n) is 8.14. The van der Waals surface area contributed by atoms with E-state index in [2.05, 4.69) is 9.80 Å². The van der Waals surface area contributed by atoms with E-state index in [1.165, 1.54) is 64.7 Å². The Labute approximate surface area is 139 Å². The Hall–Kier alpha value is 1.16. The van der Waals surface area contributed by atoms with E-state index < -0.39 is 0 Å². The van der Waals surface area contributed by atoms with Crippen LogP contribution in [0.2, 0.25) is 0 Å². The number of hydrogen-bond acceptors (Lipinski definition) is 2. The third kappa shape index (κ3) is 3.39. The third-order valence-electron chi connectivity index (χ3n) is 5.96. The van der Waals surface area contributed by atoms with Gasteiger partial charge in [0, 0.05) is 25.2 Å². The minimum atomic E-state index is -0.106. The van der Waals surface area contributed by atoms with Crippen molar-refractivity contribution in [3.63, 3.8) is 0 Å². The molecule has 4 unspecified atom stereocenters. The molecule has 4 saturated heterocycles. The summed E-state index contributed by atoms with van der Waals surface area (Å²) >= 11 is -0.106. The fourth-order valence-electron chi connectivity index (χ4n) is 5.25. The monoisotopic (exact) mass is 410 g/mol. The van der Waals surface area contributed by atoms with Gasteiger partial charge in [0.2, 0.25) is 0 Å². The van der Waals surface area contributed by atoms with Crippen molar-refractivity contribution in [2.24, 2.45) is 11.8 Å². The first-order chi connectivity index (χ1) is 9.83. The summed E-state index contributed by atoms with van der Waals surface area (Å²) in [7, 11) is 9.63. The Morgan fingerprint density at radius 2 is 1.20 bits per heavy atom. The van der Waals surface area contributed by atoms with E-state index in [-0.39, 0.29) is 15.9 Å². The molecule has 4 aliphatic heterocycles. The van der Waals surface area contributed by atoms with Gasteiger partial charge in [-0.3, -0.25) is 9.80 Å². The average Bonchev–Trinajstić information content (AvgIpc) is 2.48. The SMILES string of the molecule is C1CCN2CC3CC(CN4CCCCC34)C2C1.[Cl][Pd][Cl]. The van der Waals surface area contributed by atoms with Crippen molar-refractivity contribution in [3.8, 4) is 0 Å². The predicted molar refractivity (Wildman–Crippen MR) is 81.7 cm³/mol. The van der Waals surface area contributed by atoms with Crippen LogP contribution in [0.5, 0.6) is 0 Å². The van der Waals surface area contributed by atoms with Crippen molar-refractivity contribution in [3.05, 3.63) is 0 Å². The zero-order valence-corrected chi connectivity index (χ0v) is 15.1. The quantitative estimate of drug-likeness (QED) is 0.561. The molecule has 0 radical (unpaired) electrons. The van der Waals surface area contributed by atoms with E-state index in [1.54, 1.807) is 6.42 Å². The number of hydrogen-bond donors (Lipinski definition) is 0. The van der Waals surface area contributed by atoms with Crippen LogP contribution in [0.15, 0.2) is 0 Å². The molecule has 4 rings (SSSR count). The Balaban J connectivity index is 0.000000373. The molecule has 2 bridgehead atoms. The summed E-state index contributed by atoms with van der Waals surface area (Å²) in [5.74, 6) is 2.03. The van der Waals surface area contributed by atoms with Gasteiger partial charge in [-0.15, -0.1) is 0 Å². The Kier molecular flexibility index (Phi) is 6.11. The van der Waals surface area contributed by atoms with Gasteiger partial charge in [-0.05, 0) is 57.0 Å². The van der Waals surface area contributed by atoms with Crippen molar-refractivity contribution in [1.82, 2.24) is 9.80 Å². The van der Waals surface area contributed by atoms with Gasteiger partial charge in [-0.25, -0.2) is 0 Å². The van der Waals surface area contributed by atoms with Crippen molar-refractivity contribution >= 4 is 19.1 Å². The zero-order valence-electron chi connectivity index (χ0n) is 12.1. The Morgan fingerprint density at radius 3 is 1.65 bits per heavy atom. The number of piperidine rings is 4. The topological polar surface area (TPSA) is 6.48 Å². The molecule has 0 aromatic rings. The molecular weight excluding hydrogens is 386 g/mol. The number of rotatable bonds is 0. The predicted octanol–water partition coefficient (Wildman–Crippen LogP) is 3.72. The summed E-state index contributed by atoms with van der Waals surface area (Å²) in [5.41, 5.74) is 0. The van der Waals surface area contributed by atoms with Gasteiger partial charge in [-0.2, -0.15) is 0 Å². The summed E-state index contributed by atoms with van der Waals surface area (Å²) in [6.07, 6.45) is 10.5. The molecule has 5 heteroatoms. The van der Waals surface area contributed by atoms with E-state index >= 15 is 0 Å². The molecule has 4 atom stereocenters. The van der Waals surface area contributed by atoms with Crippen LogP contribution in [0.1, 0.15) is 44.9 Å². The van der Waals surface area contributed by atoms with Crippen molar-refractivity contribution < 1.29 is 15.9 Å². The van der Waals surface area contributed by atoms with Gasteiger partial charge in [-0.1, -0.05) is 12.8 Å². The van der Waals surface area contributed by atoms with Crippen LogP contribution in [0, 0.1) is 11.8 Å². The van der Waals surface area contributed by atoms with Crippen LogP contribution in [0.3, 0.4) is 0 Å². The van der Waals surface area contributed by atoms with E-state index in [0.717, 1.165) is 23.9 Å². The van der Waals surface area contributed by atoms with Crippen LogP contribution < -0.4 is 0 Å². The summed E-state index contributed by atoms with van der Waals surface area (Å²) in [4.78, 5) is 5.74. The van der Waals surface area contributed by atoms with Crippen LogP contribution in [0.25, 0.3) is 0 Å². The van der Waals surface area contributed by atoms with Crippen LogP contribution in [-0.2, 0) is 15.9 Å². The summed E-state index contributed by atoms with van der Waals surface area (Å²) in [5, 5.41) is 0.